The Hall–Kier alpha value is -0.280. The molecule has 0 unspecified atom stereocenters. The molecule has 3 nitrogen and oxygen atoms in total. The molecule has 0 aliphatic heterocycles. The first-order chi connectivity index (χ1) is 8.34. The molecule has 2 aliphatic rings. The molecule has 0 aromatic rings. The van der Waals surface area contributed by atoms with Gasteiger partial charge in [-0.1, -0.05) is 32.1 Å². The molecular formula is C14H27ClN2O. The molecule has 2 aliphatic carbocycles. The number of amides is 1. The molecule has 0 bridgehead atoms. The van der Waals surface area contributed by atoms with Gasteiger partial charge in [-0.15, -0.1) is 12.4 Å². The van der Waals surface area contributed by atoms with Crippen LogP contribution in [0.4, 0.5) is 0 Å². The highest BCUT2D eigenvalue weighted by Gasteiger charge is 2.21. The summed E-state index contributed by atoms with van der Waals surface area (Å²) in [5.74, 6) is 1.04. The second-order valence-corrected chi connectivity index (χ2v) is 5.68. The van der Waals surface area contributed by atoms with Crippen LogP contribution in [0.3, 0.4) is 0 Å². The highest BCUT2D eigenvalue weighted by atomic mass is 35.5. The molecule has 0 aromatic carbocycles. The molecule has 0 saturated heterocycles. The molecule has 0 heterocycles. The third kappa shape index (κ3) is 6.60. The molecule has 18 heavy (non-hydrogen) atoms. The lowest BCUT2D eigenvalue weighted by Gasteiger charge is -2.21. The Balaban J connectivity index is 0.00000162. The van der Waals surface area contributed by atoms with Crippen molar-refractivity contribution in [2.75, 3.05) is 13.1 Å². The zero-order valence-electron chi connectivity index (χ0n) is 11.2. The number of rotatable bonds is 5. The number of hydrogen-bond donors (Lipinski definition) is 2. The monoisotopic (exact) mass is 274 g/mol. The van der Waals surface area contributed by atoms with Gasteiger partial charge in [0.2, 0.25) is 5.91 Å². The van der Waals surface area contributed by atoms with Gasteiger partial charge < -0.3 is 10.6 Å². The van der Waals surface area contributed by atoms with Crippen LogP contribution in [-0.2, 0) is 4.79 Å². The molecule has 0 spiro atoms. The van der Waals surface area contributed by atoms with Crippen molar-refractivity contribution < 1.29 is 4.79 Å². The maximum Gasteiger partial charge on any atom is 0.234 e. The Morgan fingerprint density at radius 2 is 1.56 bits per heavy atom. The van der Waals surface area contributed by atoms with Crippen molar-refractivity contribution in [2.45, 2.75) is 63.8 Å². The van der Waals surface area contributed by atoms with E-state index in [4.69, 9.17) is 0 Å². The second-order valence-electron chi connectivity index (χ2n) is 5.68. The number of carbonyl (C=O) groups excluding carboxylic acids is 1. The summed E-state index contributed by atoms with van der Waals surface area (Å²) in [5.41, 5.74) is 0. The number of carbonyl (C=O) groups is 1. The fourth-order valence-corrected chi connectivity index (χ4v) is 2.59. The lowest BCUT2D eigenvalue weighted by Crippen LogP contribution is -2.41. The third-order valence-electron chi connectivity index (χ3n) is 3.89. The Labute approximate surface area is 117 Å². The Bertz CT molecular complexity index is 236. The predicted octanol–water partition coefficient (Wildman–Crippen LogP) is 2.64. The van der Waals surface area contributed by atoms with Crippen molar-refractivity contribution in [3.05, 3.63) is 0 Å². The van der Waals surface area contributed by atoms with Crippen molar-refractivity contribution in [2.24, 2.45) is 5.92 Å². The smallest absolute Gasteiger partial charge is 0.234 e. The Kier molecular flexibility index (Phi) is 7.68. The predicted molar refractivity (Wildman–Crippen MR) is 77.1 cm³/mol. The highest BCUT2D eigenvalue weighted by Crippen LogP contribution is 2.27. The summed E-state index contributed by atoms with van der Waals surface area (Å²) >= 11 is 0. The fourth-order valence-electron chi connectivity index (χ4n) is 2.59. The molecule has 0 radical (unpaired) electrons. The van der Waals surface area contributed by atoms with E-state index < -0.39 is 0 Å². The van der Waals surface area contributed by atoms with Crippen LogP contribution in [0.25, 0.3) is 0 Å². The number of nitrogens with one attached hydrogen (secondary N) is 2. The molecule has 0 atom stereocenters. The van der Waals surface area contributed by atoms with E-state index in [2.05, 4.69) is 10.6 Å². The van der Waals surface area contributed by atoms with Crippen LogP contribution < -0.4 is 10.6 Å². The fraction of sp³-hybridized carbons (Fsp3) is 0.929. The molecule has 1 amide bonds. The van der Waals surface area contributed by atoms with Gasteiger partial charge in [0.25, 0.3) is 0 Å². The van der Waals surface area contributed by atoms with E-state index in [0.29, 0.717) is 12.6 Å². The summed E-state index contributed by atoms with van der Waals surface area (Å²) in [6.07, 6.45) is 11.7. The van der Waals surface area contributed by atoms with E-state index in [-0.39, 0.29) is 18.3 Å². The van der Waals surface area contributed by atoms with Crippen molar-refractivity contribution >= 4 is 18.3 Å². The summed E-state index contributed by atoms with van der Waals surface area (Å²) in [6.45, 7) is 1.53. The zero-order valence-corrected chi connectivity index (χ0v) is 12.1. The lowest BCUT2D eigenvalue weighted by molar-refractivity contribution is -0.121. The van der Waals surface area contributed by atoms with Crippen LogP contribution in [0.1, 0.15) is 57.8 Å². The Morgan fingerprint density at radius 1 is 0.944 bits per heavy atom. The van der Waals surface area contributed by atoms with E-state index in [1.165, 1.54) is 57.8 Å². The minimum absolute atomic E-state index is 0. The van der Waals surface area contributed by atoms with Crippen LogP contribution in [0.15, 0.2) is 0 Å². The van der Waals surface area contributed by atoms with Crippen molar-refractivity contribution in [3.8, 4) is 0 Å². The second kappa shape index (κ2) is 8.76. The number of halogens is 1. The van der Waals surface area contributed by atoms with Gasteiger partial charge in [0, 0.05) is 6.04 Å². The summed E-state index contributed by atoms with van der Waals surface area (Å²) < 4.78 is 0. The normalized spacial score (nSPS) is 21.6. The average molecular weight is 275 g/mol. The molecule has 2 fully saturated rings. The molecule has 106 valence electrons. The molecule has 2 N–H and O–H groups in total. The van der Waals surface area contributed by atoms with E-state index in [1.54, 1.807) is 0 Å². The van der Waals surface area contributed by atoms with E-state index >= 15 is 0 Å². The summed E-state index contributed by atoms with van der Waals surface area (Å²) in [7, 11) is 0. The van der Waals surface area contributed by atoms with Crippen LogP contribution in [0.2, 0.25) is 0 Å². The zero-order chi connectivity index (χ0) is 11.9. The van der Waals surface area contributed by atoms with Crippen LogP contribution in [0, 0.1) is 5.92 Å². The van der Waals surface area contributed by atoms with Gasteiger partial charge in [-0.2, -0.15) is 0 Å². The quantitative estimate of drug-likeness (QED) is 0.809. The average Bonchev–Trinajstić information content (AvgIpc) is 3.06. The third-order valence-corrected chi connectivity index (χ3v) is 3.89. The SMILES string of the molecule is Cl.O=C(CNCC1CC1)NC1CCCCCCC1. The van der Waals surface area contributed by atoms with Gasteiger partial charge >= 0.3 is 0 Å². The Morgan fingerprint density at radius 3 is 2.17 bits per heavy atom. The van der Waals surface area contributed by atoms with Crippen molar-refractivity contribution in [1.82, 2.24) is 10.6 Å². The maximum atomic E-state index is 11.7. The minimum Gasteiger partial charge on any atom is -0.352 e. The van der Waals surface area contributed by atoms with Crippen LogP contribution in [-0.4, -0.2) is 25.0 Å². The highest BCUT2D eigenvalue weighted by molar-refractivity contribution is 5.85. The molecule has 2 rings (SSSR count). The summed E-state index contributed by atoms with van der Waals surface area (Å²) in [5, 5.41) is 6.43. The van der Waals surface area contributed by atoms with E-state index in [1.807, 2.05) is 0 Å². The van der Waals surface area contributed by atoms with Gasteiger partial charge in [0.15, 0.2) is 0 Å². The van der Waals surface area contributed by atoms with Gasteiger partial charge in [-0.25, -0.2) is 0 Å². The number of hydrogen-bond acceptors (Lipinski definition) is 2. The van der Waals surface area contributed by atoms with E-state index in [9.17, 15) is 4.79 Å². The van der Waals surface area contributed by atoms with Gasteiger partial charge in [0.1, 0.15) is 0 Å². The first-order valence-electron chi connectivity index (χ1n) is 7.34. The lowest BCUT2D eigenvalue weighted by atomic mass is 9.97. The van der Waals surface area contributed by atoms with Crippen LogP contribution >= 0.6 is 12.4 Å². The first kappa shape index (κ1) is 15.8. The summed E-state index contributed by atoms with van der Waals surface area (Å²) in [6, 6.07) is 0.436. The molecule has 0 aromatic heterocycles. The molecular weight excluding hydrogens is 248 g/mol. The van der Waals surface area contributed by atoms with Crippen LogP contribution in [0.5, 0.6) is 0 Å². The topological polar surface area (TPSA) is 41.1 Å². The minimum atomic E-state index is 0. The molecule has 2 saturated carbocycles. The first-order valence-corrected chi connectivity index (χ1v) is 7.34. The largest absolute Gasteiger partial charge is 0.352 e. The van der Waals surface area contributed by atoms with Gasteiger partial charge in [-0.05, 0) is 38.1 Å². The van der Waals surface area contributed by atoms with Crippen molar-refractivity contribution in [1.29, 1.82) is 0 Å². The van der Waals surface area contributed by atoms with Gasteiger partial charge in [0.05, 0.1) is 6.54 Å². The summed E-state index contributed by atoms with van der Waals surface area (Å²) in [4.78, 5) is 11.7. The molecule has 4 heteroatoms. The van der Waals surface area contributed by atoms with E-state index in [0.717, 1.165) is 12.5 Å². The van der Waals surface area contributed by atoms with Gasteiger partial charge in [-0.3, -0.25) is 4.79 Å². The maximum absolute atomic E-state index is 11.7. The standard InChI is InChI=1S/C14H26N2O.ClH/c17-14(11-15-10-12-8-9-12)16-13-6-4-2-1-3-5-7-13;/h12-13,15H,1-11H2,(H,16,17);1H. The van der Waals surface area contributed by atoms with Crippen molar-refractivity contribution in [3.63, 3.8) is 0 Å².